The van der Waals surface area contributed by atoms with Crippen LogP contribution in [0.5, 0.6) is 0 Å². The fourth-order valence-corrected chi connectivity index (χ4v) is 3.00. The first-order valence-corrected chi connectivity index (χ1v) is 7.39. The van der Waals surface area contributed by atoms with Gasteiger partial charge in [-0.15, -0.1) is 0 Å². The van der Waals surface area contributed by atoms with Gasteiger partial charge >= 0.3 is 0 Å². The summed E-state index contributed by atoms with van der Waals surface area (Å²) in [7, 11) is 0. The van der Waals surface area contributed by atoms with Crippen LogP contribution in [-0.2, 0) is 0 Å². The highest BCUT2D eigenvalue weighted by molar-refractivity contribution is 5.42. The highest BCUT2D eigenvalue weighted by Gasteiger charge is 2.34. The number of rotatable bonds is 6. The quantitative estimate of drug-likeness (QED) is 0.842. The van der Waals surface area contributed by atoms with Gasteiger partial charge in [0.15, 0.2) is 0 Å². The van der Waals surface area contributed by atoms with Crippen molar-refractivity contribution < 1.29 is 4.39 Å². The fraction of sp³-hybridized carbons (Fsp3) is 0.625. The summed E-state index contributed by atoms with van der Waals surface area (Å²) in [4.78, 5) is 2.53. The Bertz CT molecular complexity index is 401. The normalized spacial score (nSPS) is 18.7. The standard InChI is InChI=1S/C16H25FN2/c1-3-16(4-2)8-10-19(13-16)11-9-18-15-7-5-6-14(17)12-15/h5-7,12,18H,3-4,8-11,13H2,1-2H3. The predicted molar refractivity (Wildman–Crippen MR) is 79.0 cm³/mol. The smallest absolute Gasteiger partial charge is 0.125 e. The Labute approximate surface area is 116 Å². The highest BCUT2D eigenvalue weighted by Crippen LogP contribution is 2.36. The minimum atomic E-state index is -0.179. The van der Waals surface area contributed by atoms with Gasteiger partial charge in [-0.3, -0.25) is 0 Å². The predicted octanol–water partition coefficient (Wildman–Crippen LogP) is 3.75. The second-order valence-electron chi connectivity index (χ2n) is 5.67. The molecule has 0 spiro atoms. The zero-order valence-corrected chi connectivity index (χ0v) is 12.1. The summed E-state index contributed by atoms with van der Waals surface area (Å²) < 4.78 is 13.0. The molecule has 0 unspecified atom stereocenters. The molecule has 0 amide bonds. The molecule has 1 fully saturated rings. The first-order chi connectivity index (χ1) is 9.17. The van der Waals surface area contributed by atoms with Gasteiger partial charge in [0.1, 0.15) is 5.82 Å². The average molecular weight is 264 g/mol. The van der Waals surface area contributed by atoms with E-state index in [9.17, 15) is 4.39 Å². The van der Waals surface area contributed by atoms with Crippen molar-refractivity contribution in [3.8, 4) is 0 Å². The lowest BCUT2D eigenvalue weighted by Crippen LogP contribution is -2.30. The molecule has 0 saturated carbocycles. The maximum Gasteiger partial charge on any atom is 0.125 e. The number of anilines is 1. The van der Waals surface area contributed by atoms with Crippen LogP contribution in [0.1, 0.15) is 33.1 Å². The number of nitrogens with zero attached hydrogens (tertiary/aromatic N) is 1. The number of likely N-dealkylation sites (tertiary alicyclic amines) is 1. The lowest BCUT2D eigenvalue weighted by atomic mass is 9.82. The van der Waals surface area contributed by atoms with Gasteiger partial charge in [-0.1, -0.05) is 19.9 Å². The Morgan fingerprint density at radius 1 is 1.32 bits per heavy atom. The highest BCUT2D eigenvalue weighted by atomic mass is 19.1. The summed E-state index contributed by atoms with van der Waals surface area (Å²) in [5.41, 5.74) is 1.41. The zero-order valence-electron chi connectivity index (χ0n) is 12.1. The van der Waals surface area contributed by atoms with Crippen LogP contribution in [0.15, 0.2) is 24.3 Å². The molecule has 1 aliphatic rings. The number of nitrogens with one attached hydrogen (secondary N) is 1. The summed E-state index contributed by atoms with van der Waals surface area (Å²) in [6.07, 6.45) is 3.87. The fourth-order valence-electron chi connectivity index (χ4n) is 3.00. The van der Waals surface area contributed by atoms with Crippen LogP contribution in [0.4, 0.5) is 10.1 Å². The minimum Gasteiger partial charge on any atom is -0.384 e. The number of benzene rings is 1. The SMILES string of the molecule is CCC1(CC)CCN(CCNc2cccc(F)c2)C1. The van der Waals surface area contributed by atoms with Gasteiger partial charge in [-0.05, 0) is 49.4 Å². The van der Waals surface area contributed by atoms with Crippen LogP contribution in [0, 0.1) is 11.2 Å². The molecule has 0 aliphatic carbocycles. The third kappa shape index (κ3) is 3.69. The van der Waals surface area contributed by atoms with Crippen LogP contribution < -0.4 is 5.32 Å². The molecule has 1 aromatic rings. The van der Waals surface area contributed by atoms with E-state index in [1.807, 2.05) is 6.07 Å². The van der Waals surface area contributed by atoms with E-state index in [2.05, 4.69) is 24.1 Å². The largest absolute Gasteiger partial charge is 0.384 e. The molecule has 2 rings (SSSR count). The molecule has 1 saturated heterocycles. The minimum absolute atomic E-state index is 0.179. The third-order valence-corrected chi connectivity index (χ3v) is 4.60. The van der Waals surface area contributed by atoms with Crippen LogP contribution in [-0.4, -0.2) is 31.1 Å². The van der Waals surface area contributed by atoms with E-state index in [-0.39, 0.29) is 5.82 Å². The van der Waals surface area contributed by atoms with Crippen LogP contribution in [0.25, 0.3) is 0 Å². The van der Waals surface area contributed by atoms with Gasteiger partial charge in [-0.2, -0.15) is 0 Å². The van der Waals surface area contributed by atoms with E-state index in [1.165, 1.54) is 38.4 Å². The molecule has 19 heavy (non-hydrogen) atoms. The van der Waals surface area contributed by atoms with E-state index in [1.54, 1.807) is 12.1 Å². The van der Waals surface area contributed by atoms with Crippen molar-refractivity contribution in [2.24, 2.45) is 5.41 Å². The molecule has 1 aliphatic heterocycles. The molecule has 1 aromatic carbocycles. The lowest BCUT2D eigenvalue weighted by Gasteiger charge is -2.26. The molecular formula is C16H25FN2. The van der Waals surface area contributed by atoms with E-state index in [4.69, 9.17) is 0 Å². The van der Waals surface area contributed by atoms with Gasteiger partial charge in [-0.25, -0.2) is 4.39 Å². The molecule has 106 valence electrons. The maximum absolute atomic E-state index is 13.0. The molecule has 2 nitrogen and oxygen atoms in total. The molecule has 0 atom stereocenters. The Hall–Kier alpha value is -1.09. The average Bonchev–Trinajstić information content (AvgIpc) is 2.83. The summed E-state index contributed by atoms with van der Waals surface area (Å²) in [5.74, 6) is -0.179. The van der Waals surface area contributed by atoms with Crippen LogP contribution in [0.3, 0.4) is 0 Å². The molecule has 1 N–H and O–H groups in total. The van der Waals surface area contributed by atoms with E-state index in [0.717, 1.165) is 18.8 Å². The molecule has 0 radical (unpaired) electrons. The Kier molecular flexibility index (Phi) is 4.81. The second-order valence-corrected chi connectivity index (χ2v) is 5.67. The first kappa shape index (κ1) is 14.3. The van der Waals surface area contributed by atoms with E-state index in [0.29, 0.717) is 5.41 Å². The summed E-state index contributed by atoms with van der Waals surface area (Å²) in [6.45, 7) is 8.94. The van der Waals surface area contributed by atoms with Gasteiger partial charge in [0.25, 0.3) is 0 Å². The van der Waals surface area contributed by atoms with Crippen molar-refractivity contribution in [2.75, 3.05) is 31.5 Å². The Morgan fingerprint density at radius 2 is 2.11 bits per heavy atom. The van der Waals surface area contributed by atoms with E-state index < -0.39 is 0 Å². The summed E-state index contributed by atoms with van der Waals surface area (Å²) in [5, 5.41) is 3.29. The molecular weight excluding hydrogens is 239 g/mol. The van der Waals surface area contributed by atoms with Crippen molar-refractivity contribution in [3.05, 3.63) is 30.1 Å². The van der Waals surface area contributed by atoms with Crippen molar-refractivity contribution in [1.29, 1.82) is 0 Å². The van der Waals surface area contributed by atoms with Crippen molar-refractivity contribution in [1.82, 2.24) is 4.90 Å². The monoisotopic (exact) mass is 264 g/mol. The van der Waals surface area contributed by atoms with Crippen LogP contribution in [0.2, 0.25) is 0 Å². The van der Waals surface area contributed by atoms with Crippen LogP contribution >= 0.6 is 0 Å². The van der Waals surface area contributed by atoms with Gasteiger partial charge in [0.2, 0.25) is 0 Å². The molecule has 1 heterocycles. The molecule has 0 bridgehead atoms. The van der Waals surface area contributed by atoms with Crippen molar-refractivity contribution in [2.45, 2.75) is 33.1 Å². The number of hydrogen-bond acceptors (Lipinski definition) is 2. The van der Waals surface area contributed by atoms with E-state index >= 15 is 0 Å². The first-order valence-electron chi connectivity index (χ1n) is 7.39. The molecule has 0 aromatic heterocycles. The zero-order chi connectivity index (χ0) is 13.7. The summed E-state index contributed by atoms with van der Waals surface area (Å²) in [6, 6.07) is 6.68. The topological polar surface area (TPSA) is 15.3 Å². The number of hydrogen-bond donors (Lipinski definition) is 1. The number of halogens is 1. The molecule has 3 heteroatoms. The lowest BCUT2D eigenvalue weighted by molar-refractivity contribution is 0.245. The van der Waals surface area contributed by atoms with Gasteiger partial charge in [0, 0.05) is 25.3 Å². The summed E-state index contributed by atoms with van der Waals surface area (Å²) >= 11 is 0. The maximum atomic E-state index is 13.0. The van der Waals surface area contributed by atoms with Crippen molar-refractivity contribution >= 4 is 5.69 Å². The third-order valence-electron chi connectivity index (χ3n) is 4.60. The van der Waals surface area contributed by atoms with Crippen molar-refractivity contribution in [3.63, 3.8) is 0 Å². The van der Waals surface area contributed by atoms with Gasteiger partial charge < -0.3 is 10.2 Å². The second kappa shape index (κ2) is 6.38. The van der Waals surface area contributed by atoms with Gasteiger partial charge in [0.05, 0.1) is 0 Å². The Morgan fingerprint density at radius 3 is 2.74 bits per heavy atom. The Balaban J connectivity index is 1.75.